The smallest absolute Gasteiger partial charge is 0.159 e. The molecule has 4 nitrogen and oxygen atoms in total. The van der Waals surface area contributed by atoms with Crippen molar-refractivity contribution < 1.29 is 19.5 Å². The van der Waals surface area contributed by atoms with Gasteiger partial charge >= 0.3 is 0 Å². The molecule has 1 aromatic rings. The Morgan fingerprint density at radius 1 is 1.27 bits per heavy atom. The molecule has 2 rings (SSSR count). The minimum atomic E-state index is -0.458. The zero-order chi connectivity index (χ0) is 16.1. The third-order valence-corrected chi connectivity index (χ3v) is 4.31. The molecule has 1 saturated heterocycles. The number of aliphatic hydroxyl groups excluding tert-OH is 1. The Labute approximate surface area is 133 Å². The first-order valence-electron chi connectivity index (χ1n) is 8.19. The molecule has 0 spiro atoms. The highest BCUT2D eigenvalue weighted by atomic mass is 16.5. The van der Waals surface area contributed by atoms with Crippen LogP contribution in [0.2, 0.25) is 0 Å². The lowest BCUT2D eigenvalue weighted by Crippen LogP contribution is -3.15. The van der Waals surface area contributed by atoms with Crippen LogP contribution in [0.5, 0.6) is 5.75 Å². The summed E-state index contributed by atoms with van der Waals surface area (Å²) >= 11 is 0. The molecule has 3 atom stereocenters. The fraction of sp³-hybridized carbons (Fsp3) is 0.611. The summed E-state index contributed by atoms with van der Waals surface area (Å²) < 4.78 is 5.62. The van der Waals surface area contributed by atoms with Crippen LogP contribution >= 0.6 is 0 Å². The van der Waals surface area contributed by atoms with Crippen LogP contribution in [0.3, 0.4) is 0 Å². The van der Waals surface area contributed by atoms with Gasteiger partial charge in [-0.15, -0.1) is 0 Å². The molecular formula is C18H28NO3+. The number of rotatable bonds is 6. The quantitative estimate of drug-likeness (QED) is 0.776. The Kier molecular flexibility index (Phi) is 5.98. The van der Waals surface area contributed by atoms with E-state index in [4.69, 9.17) is 4.74 Å². The van der Waals surface area contributed by atoms with Crippen LogP contribution < -0.4 is 9.64 Å². The first kappa shape index (κ1) is 17.0. The van der Waals surface area contributed by atoms with Crippen molar-refractivity contribution in [3.8, 4) is 5.75 Å². The van der Waals surface area contributed by atoms with E-state index in [9.17, 15) is 9.90 Å². The van der Waals surface area contributed by atoms with Crippen molar-refractivity contribution in [1.29, 1.82) is 0 Å². The Balaban J connectivity index is 1.77. The maximum atomic E-state index is 11.2. The zero-order valence-electron chi connectivity index (χ0n) is 13.8. The number of ether oxygens (including phenoxy) is 1. The van der Waals surface area contributed by atoms with E-state index in [1.54, 1.807) is 31.2 Å². The predicted octanol–water partition coefficient (Wildman–Crippen LogP) is 1.19. The fourth-order valence-corrected chi connectivity index (χ4v) is 3.46. The molecule has 4 heteroatoms. The van der Waals surface area contributed by atoms with Crippen molar-refractivity contribution >= 4 is 5.78 Å². The molecule has 0 radical (unpaired) electrons. The van der Waals surface area contributed by atoms with E-state index in [1.807, 2.05) is 0 Å². The number of aliphatic hydroxyl groups is 1. The van der Waals surface area contributed by atoms with E-state index in [0.717, 1.165) is 31.5 Å². The van der Waals surface area contributed by atoms with Gasteiger partial charge in [0.15, 0.2) is 5.78 Å². The van der Waals surface area contributed by atoms with Crippen molar-refractivity contribution in [2.75, 3.05) is 26.2 Å². The Morgan fingerprint density at radius 3 is 2.41 bits per heavy atom. The van der Waals surface area contributed by atoms with Gasteiger partial charge in [0.1, 0.15) is 25.0 Å². The molecule has 1 aliphatic rings. The maximum absolute atomic E-state index is 11.2. The number of Topliss-reactive ketones (excluding diaryl/α,β-unsaturated/α-hetero) is 1. The highest BCUT2D eigenvalue weighted by molar-refractivity contribution is 5.94. The summed E-state index contributed by atoms with van der Waals surface area (Å²) in [6.45, 7) is 9.42. The molecule has 0 aliphatic carbocycles. The van der Waals surface area contributed by atoms with E-state index in [1.165, 1.54) is 11.3 Å². The van der Waals surface area contributed by atoms with Crippen LogP contribution in [0.4, 0.5) is 0 Å². The second-order valence-corrected chi connectivity index (χ2v) is 6.85. The largest absolute Gasteiger partial charge is 0.491 e. The number of likely N-dealkylation sites (tertiary alicyclic amines) is 1. The molecule has 1 aliphatic heterocycles. The standard InChI is InChI=1S/C18H27NO3/c1-13-8-14(2)10-19(9-13)11-17(21)12-22-18-6-4-16(5-7-18)15(3)20/h4-7,13-14,17,21H,8-12H2,1-3H3/p+1/t13-,14-,17-/m0/s1. The number of benzene rings is 1. The highest BCUT2D eigenvalue weighted by Gasteiger charge is 2.26. The molecule has 0 bridgehead atoms. The summed E-state index contributed by atoms with van der Waals surface area (Å²) in [5, 5.41) is 10.2. The molecule has 22 heavy (non-hydrogen) atoms. The van der Waals surface area contributed by atoms with Gasteiger partial charge in [-0.1, -0.05) is 13.8 Å². The van der Waals surface area contributed by atoms with Crippen LogP contribution in [-0.4, -0.2) is 43.2 Å². The summed E-state index contributed by atoms with van der Waals surface area (Å²) in [5.74, 6) is 2.19. The zero-order valence-corrected chi connectivity index (χ0v) is 13.8. The topological polar surface area (TPSA) is 51.0 Å². The molecule has 1 heterocycles. The number of carbonyl (C=O) groups excluding carboxylic acids is 1. The first-order valence-corrected chi connectivity index (χ1v) is 8.19. The maximum Gasteiger partial charge on any atom is 0.159 e. The summed E-state index contributed by atoms with van der Waals surface area (Å²) in [5.41, 5.74) is 0.675. The first-order chi connectivity index (χ1) is 10.4. The van der Waals surface area contributed by atoms with Crippen LogP contribution in [0.15, 0.2) is 24.3 Å². The van der Waals surface area contributed by atoms with Gasteiger partial charge in [-0.25, -0.2) is 0 Å². The van der Waals surface area contributed by atoms with Gasteiger partial charge < -0.3 is 14.7 Å². The van der Waals surface area contributed by atoms with Gasteiger partial charge in [0.05, 0.1) is 13.1 Å². The number of carbonyl (C=O) groups is 1. The summed E-state index contributed by atoms with van der Waals surface area (Å²) in [4.78, 5) is 12.7. The average Bonchev–Trinajstić information content (AvgIpc) is 2.44. The lowest BCUT2D eigenvalue weighted by atomic mass is 9.92. The van der Waals surface area contributed by atoms with Crippen molar-refractivity contribution in [2.24, 2.45) is 11.8 Å². The molecule has 122 valence electrons. The highest BCUT2D eigenvalue weighted by Crippen LogP contribution is 2.13. The van der Waals surface area contributed by atoms with Crippen molar-refractivity contribution in [1.82, 2.24) is 0 Å². The number of nitrogens with one attached hydrogen (secondary N) is 1. The minimum absolute atomic E-state index is 0.0449. The van der Waals surface area contributed by atoms with E-state index in [-0.39, 0.29) is 5.78 Å². The summed E-state index contributed by atoms with van der Waals surface area (Å²) in [6.07, 6.45) is 0.832. The van der Waals surface area contributed by atoms with E-state index < -0.39 is 6.10 Å². The molecule has 0 saturated carbocycles. The molecule has 2 N–H and O–H groups in total. The number of hydrogen-bond donors (Lipinski definition) is 2. The normalized spacial score (nSPS) is 26.5. The van der Waals surface area contributed by atoms with E-state index >= 15 is 0 Å². The van der Waals surface area contributed by atoms with Crippen LogP contribution in [-0.2, 0) is 0 Å². The number of hydrogen-bond acceptors (Lipinski definition) is 3. The van der Waals surface area contributed by atoms with Crippen molar-refractivity contribution in [2.45, 2.75) is 33.3 Å². The summed E-state index contributed by atoms with van der Waals surface area (Å²) in [7, 11) is 0. The van der Waals surface area contributed by atoms with Gasteiger partial charge in [0.25, 0.3) is 0 Å². The molecular weight excluding hydrogens is 278 g/mol. The lowest BCUT2D eigenvalue weighted by Gasteiger charge is -2.33. The van der Waals surface area contributed by atoms with Gasteiger partial charge in [-0.2, -0.15) is 0 Å². The average molecular weight is 306 g/mol. The Hall–Kier alpha value is -1.39. The Bertz CT molecular complexity index is 476. The molecule has 1 aromatic carbocycles. The SMILES string of the molecule is CC(=O)c1ccc(OC[C@@H](O)C[NH+]2C[C@@H](C)C[C@H](C)C2)cc1. The molecule has 0 amide bonds. The van der Waals surface area contributed by atoms with Crippen LogP contribution in [0.1, 0.15) is 37.6 Å². The third kappa shape index (κ3) is 5.11. The van der Waals surface area contributed by atoms with E-state index in [2.05, 4.69) is 13.8 Å². The van der Waals surface area contributed by atoms with Gasteiger partial charge in [-0.3, -0.25) is 4.79 Å². The fourth-order valence-electron chi connectivity index (χ4n) is 3.46. The predicted molar refractivity (Wildman–Crippen MR) is 86.5 cm³/mol. The number of ketones is 1. The number of piperidine rings is 1. The van der Waals surface area contributed by atoms with Gasteiger partial charge in [0, 0.05) is 17.4 Å². The number of quaternary nitrogens is 1. The third-order valence-electron chi connectivity index (χ3n) is 4.31. The Morgan fingerprint density at radius 2 is 1.86 bits per heavy atom. The second-order valence-electron chi connectivity index (χ2n) is 6.85. The van der Waals surface area contributed by atoms with Crippen LogP contribution in [0.25, 0.3) is 0 Å². The van der Waals surface area contributed by atoms with Crippen molar-refractivity contribution in [3.05, 3.63) is 29.8 Å². The molecule has 0 aromatic heterocycles. The van der Waals surface area contributed by atoms with Crippen LogP contribution in [0, 0.1) is 11.8 Å². The van der Waals surface area contributed by atoms with Gasteiger partial charge in [-0.05, 0) is 37.6 Å². The molecule has 1 fully saturated rings. The van der Waals surface area contributed by atoms with Gasteiger partial charge in [0.2, 0.25) is 0 Å². The lowest BCUT2D eigenvalue weighted by molar-refractivity contribution is -0.915. The van der Waals surface area contributed by atoms with Crippen molar-refractivity contribution in [3.63, 3.8) is 0 Å². The summed E-state index contributed by atoms with van der Waals surface area (Å²) in [6, 6.07) is 7.06. The monoisotopic (exact) mass is 306 g/mol. The minimum Gasteiger partial charge on any atom is -0.491 e. The molecule has 0 unspecified atom stereocenters. The van der Waals surface area contributed by atoms with E-state index in [0.29, 0.717) is 17.9 Å². The second kappa shape index (κ2) is 7.75.